The Balaban J connectivity index is 2.16. The van der Waals surface area contributed by atoms with Gasteiger partial charge in [0.1, 0.15) is 17.6 Å². The Bertz CT molecular complexity index is 607. The molecule has 20 heavy (non-hydrogen) atoms. The summed E-state index contributed by atoms with van der Waals surface area (Å²) in [7, 11) is 2.29. The summed E-state index contributed by atoms with van der Waals surface area (Å²) in [5.74, 6) is 1.36. The summed E-state index contributed by atoms with van der Waals surface area (Å²) in [6.45, 7) is 0. The van der Waals surface area contributed by atoms with Gasteiger partial charge in [0.2, 0.25) is 0 Å². The van der Waals surface area contributed by atoms with Gasteiger partial charge in [-0.1, -0.05) is 30.3 Å². The first-order valence-electron chi connectivity index (χ1n) is 6.39. The normalized spacial score (nSPS) is 16.9. The molecule has 2 aromatic rings. The van der Waals surface area contributed by atoms with E-state index in [4.69, 9.17) is 14.1 Å². The third kappa shape index (κ3) is 1.95. The molecule has 1 heterocycles. The van der Waals surface area contributed by atoms with E-state index in [1.807, 2.05) is 42.5 Å². The van der Waals surface area contributed by atoms with E-state index in [-0.39, 0.29) is 0 Å². The first-order valence-corrected chi connectivity index (χ1v) is 6.39. The average Bonchev–Trinajstić information content (AvgIpc) is 2.83. The summed E-state index contributed by atoms with van der Waals surface area (Å²) in [6, 6.07) is 13.2. The van der Waals surface area contributed by atoms with Crippen molar-refractivity contribution >= 4 is 12.6 Å². The predicted molar refractivity (Wildman–Crippen MR) is 76.5 cm³/mol. The van der Waals surface area contributed by atoms with Gasteiger partial charge in [-0.25, -0.2) is 0 Å². The minimum Gasteiger partial charge on any atom is -0.496 e. The number of hydrogen-bond donors (Lipinski definition) is 1. The molecule has 0 aliphatic carbocycles. The zero-order valence-electron chi connectivity index (χ0n) is 11.4. The Morgan fingerprint density at radius 1 is 1.00 bits per heavy atom. The van der Waals surface area contributed by atoms with Gasteiger partial charge in [0.05, 0.1) is 19.8 Å². The molecule has 1 atom stereocenters. The molecule has 0 radical (unpaired) electrons. The monoisotopic (exact) mass is 270 g/mol. The van der Waals surface area contributed by atoms with Crippen LogP contribution in [0.25, 0.3) is 0 Å². The molecular formula is C15H15BO4. The lowest BCUT2D eigenvalue weighted by Crippen LogP contribution is -2.27. The third-order valence-corrected chi connectivity index (χ3v) is 3.54. The van der Waals surface area contributed by atoms with Gasteiger partial charge in [-0.3, -0.25) is 0 Å². The standard InChI is InChI=1S/C15H15BO4/c1-18-12-8-5-9-13(19-2)14(12)15-10-6-3-4-7-11(10)16(17)20-15/h3-9,15,17H,1-2H3/t15-/m0/s1. The second-order valence-corrected chi connectivity index (χ2v) is 4.57. The summed E-state index contributed by atoms with van der Waals surface area (Å²) >= 11 is 0. The Morgan fingerprint density at radius 3 is 2.30 bits per heavy atom. The molecule has 0 spiro atoms. The van der Waals surface area contributed by atoms with Crippen LogP contribution in [-0.2, 0) is 4.65 Å². The number of ether oxygens (including phenoxy) is 2. The fraction of sp³-hybridized carbons (Fsp3) is 0.200. The molecule has 0 fully saturated rings. The molecular weight excluding hydrogens is 255 g/mol. The minimum absolute atomic E-state index is 0.396. The zero-order chi connectivity index (χ0) is 14.1. The molecule has 1 aliphatic heterocycles. The van der Waals surface area contributed by atoms with Crippen LogP contribution in [0.4, 0.5) is 0 Å². The topological polar surface area (TPSA) is 47.9 Å². The van der Waals surface area contributed by atoms with Crippen LogP contribution in [0.5, 0.6) is 11.5 Å². The molecule has 102 valence electrons. The lowest BCUT2D eigenvalue weighted by molar-refractivity contribution is 0.216. The van der Waals surface area contributed by atoms with Crippen molar-refractivity contribution in [2.75, 3.05) is 14.2 Å². The largest absolute Gasteiger partial charge is 0.496 e. The fourth-order valence-corrected chi connectivity index (χ4v) is 2.61. The molecule has 2 aromatic carbocycles. The first kappa shape index (κ1) is 13.0. The lowest BCUT2D eigenvalue weighted by atomic mass is 9.79. The molecule has 0 saturated carbocycles. The number of hydrogen-bond acceptors (Lipinski definition) is 4. The third-order valence-electron chi connectivity index (χ3n) is 3.54. The maximum atomic E-state index is 10.0. The smallest absolute Gasteiger partial charge is 0.492 e. The molecule has 0 bridgehead atoms. The molecule has 0 unspecified atom stereocenters. The number of benzene rings is 2. The van der Waals surface area contributed by atoms with Crippen LogP contribution in [0, 0.1) is 0 Å². The van der Waals surface area contributed by atoms with Crippen LogP contribution in [-0.4, -0.2) is 26.4 Å². The van der Waals surface area contributed by atoms with Crippen molar-refractivity contribution < 1.29 is 19.2 Å². The van der Waals surface area contributed by atoms with E-state index in [1.54, 1.807) is 14.2 Å². The second kappa shape index (κ2) is 5.19. The van der Waals surface area contributed by atoms with Gasteiger partial charge < -0.3 is 19.2 Å². The maximum Gasteiger partial charge on any atom is 0.492 e. The van der Waals surface area contributed by atoms with Gasteiger partial charge in [-0.2, -0.15) is 0 Å². The Labute approximate surface area is 118 Å². The summed E-state index contributed by atoms with van der Waals surface area (Å²) in [5.41, 5.74) is 2.51. The zero-order valence-corrected chi connectivity index (χ0v) is 11.4. The number of fused-ring (bicyclic) bond motifs is 1. The van der Waals surface area contributed by atoms with E-state index >= 15 is 0 Å². The molecule has 1 aliphatic rings. The van der Waals surface area contributed by atoms with E-state index in [2.05, 4.69) is 0 Å². The average molecular weight is 270 g/mol. The fourth-order valence-electron chi connectivity index (χ4n) is 2.61. The van der Waals surface area contributed by atoms with Crippen molar-refractivity contribution in [1.82, 2.24) is 0 Å². The maximum absolute atomic E-state index is 10.0. The molecule has 0 amide bonds. The van der Waals surface area contributed by atoms with Crippen molar-refractivity contribution in [2.45, 2.75) is 6.10 Å². The number of rotatable bonds is 3. The van der Waals surface area contributed by atoms with Gasteiger partial charge in [0.25, 0.3) is 0 Å². The summed E-state index contributed by atoms with van der Waals surface area (Å²) in [4.78, 5) is 0. The van der Waals surface area contributed by atoms with Gasteiger partial charge in [0.15, 0.2) is 0 Å². The second-order valence-electron chi connectivity index (χ2n) is 4.57. The van der Waals surface area contributed by atoms with Gasteiger partial charge in [-0.15, -0.1) is 0 Å². The van der Waals surface area contributed by atoms with E-state index in [9.17, 15) is 5.02 Å². The summed E-state index contributed by atoms with van der Waals surface area (Å²) < 4.78 is 16.5. The van der Waals surface area contributed by atoms with E-state index in [0.717, 1.165) is 16.6 Å². The number of methoxy groups -OCH3 is 2. The van der Waals surface area contributed by atoms with Gasteiger partial charge >= 0.3 is 7.12 Å². The highest BCUT2D eigenvalue weighted by Gasteiger charge is 2.38. The summed E-state index contributed by atoms with van der Waals surface area (Å²) in [5, 5.41) is 10.0. The molecule has 3 rings (SSSR count). The van der Waals surface area contributed by atoms with E-state index < -0.39 is 13.2 Å². The lowest BCUT2D eigenvalue weighted by Gasteiger charge is -2.19. The SMILES string of the molecule is COc1cccc(OC)c1[C@H]1OB(O)c2ccccc21. The first-order chi connectivity index (χ1) is 9.76. The Morgan fingerprint density at radius 2 is 1.65 bits per heavy atom. The van der Waals surface area contributed by atoms with Crippen LogP contribution in [0.3, 0.4) is 0 Å². The van der Waals surface area contributed by atoms with Gasteiger partial charge in [0, 0.05) is 0 Å². The Hall–Kier alpha value is -1.98. The van der Waals surface area contributed by atoms with Crippen molar-refractivity contribution in [1.29, 1.82) is 0 Å². The Kier molecular flexibility index (Phi) is 3.38. The molecule has 5 heteroatoms. The molecule has 0 aromatic heterocycles. The van der Waals surface area contributed by atoms with E-state index in [0.29, 0.717) is 11.5 Å². The van der Waals surface area contributed by atoms with Crippen LogP contribution in [0.2, 0.25) is 0 Å². The van der Waals surface area contributed by atoms with Crippen LogP contribution in [0.15, 0.2) is 42.5 Å². The highest BCUT2D eigenvalue weighted by molar-refractivity contribution is 6.61. The van der Waals surface area contributed by atoms with Crippen LogP contribution >= 0.6 is 0 Å². The van der Waals surface area contributed by atoms with Crippen LogP contribution < -0.4 is 14.9 Å². The predicted octanol–water partition coefficient (Wildman–Crippen LogP) is 1.51. The van der Waals surface area contributed by atoms with Crippen molar-refractivity contribution in [3.05, 3.63) is 53.6 Å². The molecule has 4 nitrogen and oxygen atoms in total. The van der Waals surface area contributed by atoms with Crippen molar-refractivity contribution in [3.63, 3.8) is 0 Å². The summed E-state index contributed by atoms with van der Waals surface area (Å²) in [6.07, 6.45) is -0.396. The minimum atomic E-state index is -0.925. The van der Waals surface area contributed by atoms with Crippen LogP contribution in [0.1, 0.15) is 17.2 Å². The van der Waals surface area contributed by atoms with Crippen molar-refractivity contribution in [3.8, 4) is 11.5 Å². The van der Waals surface area contributed by atoms with E-state index in [1.165, 1.54) is 0 Å². The quantitative estimate of drug-likeness (QED) is 0.859. The van der Waals surface area contributed by atoms with Crippen molar-refractivity contribution in [2.24, 2.45) is 0 Å². The highest BCUT2D eigenvalue weighted by atomic mass is 16.5. The van der Waals surface area contributed by atoms with Gasteiger partial charge in [-0.05, 0) is 23.2 Å². The molecule has 1 N–H and O–H groups in total. The highest BCUT2D eigenvalue weighted by Crippen LogP contribution is 2.41. The molecule has 0 saturated heterocycles.